The molecule has 2 nitrogen and oxygen atoms in total. The highest BCUT2D eigenvalue weighted by Gasteiger charge is 2.27. The molecule has 0 aliphatic carbocycles. The van der Waals surface area contributed by atoms with Crippen molar-refractivity contribution < 1.29 is 10.2 Å². The van der Waals surface area contributed by atoms with E-state index in [1.807, 2.05) is 19.9 Å². The third-order valence-corrected chi connectivity index (χ3v) is 2.50. The lowest BCUT2D eigenvalue weighted by atomic mass is 9.76. The molecule has 2 N–H and O–H groups in total. The molecule has 0 fully saturated rings. The van der Waals surface area contributed by atoms with E-state index in [0.717, 1.165) is 0 Å². The minimum atomic E-state index is -0.212. The van der Waals surface area contributed by atoms with Gasteiger partial charge in [0.25, 0.3) is 0 Å². The number of hydrogen-bond donors (Lipinski definition) is 2. The number of rotatable bonds is 5. The van der Waals surface area contributed by atoms with Crippen LogP contribution in [0.2, 0.25) is 0 Å². The van der Waals surface area contributed by atoms with Crippen LogP contribution in [-0.4, -0.2) is 23.4 Å². The van der Waals surface area contributed by atoms with Gasteiger partial charge in [-0.05, 0) is 17.8 Å². The van der Waals surface area contributed by atoms with E-state index in [1.54, 1.807) is 0 Å². The highest BCUT2D eigenvalue weighted by molar-refractivity contribution is 4.89. The van der Waals surface area contributed by atoms with Crippen molar-refractivity contribution in [1.29, 1.82) is 0 Å². The van der Waals surface area contributed by atoms with E-state index in [1.165, 1.54) is 0 Å². The fraction of sp³-hybridized carbons (Fsp3) is 0.778. The summed E-state index contributed by atoms with van der Waals surface area (Å²) < 4.78 is 0. The fourth-order valence-corrected chi connectivity index (χ4v) is 0.991. The summed E-state index contributed by atoms with van der Waals surface area (Å²) in [5.74, 6) is 0.236. The van der Waals surface area contributed by atoms with Gasteiger partial charge in [-0.1, -0.05) is 19.9 Å². The Morgan fingerprint density at radius 3 is 2.36 bits per heavy atom. The van der Waals surface area contributed by atoms with E-state index in [4.69, 9.17) is 10.2 Å². The Bertz CT molecular complexity index is 123. The van der Waals surface area contributed by atoms with E-state index in [0.29, 0.717) is 6.42 Å². The lowest BCUT2D eigenvalue weighted by Gasteiger charge is -2.31. The number of allylic oxidation sites excluding steroid dienone is 1. The van der Waals surface area contributed by atoms with E-state index in [9.17, 15) is 0 Å². The second-order valence-corrected chi connectivity index (χ2v) is 3.31. The van der Waals surface area contributed by atoms with Gasteiger partial charge in [0.05, 0.1) is 0 Å². The number of aliphatic hydroxyl groups is 2. The third kappa shape index (κ3) is 2.64. The Morgan fingerprint density at radius 2 is 2.09 bits per heavy atom. The maximum atomic E-state index is 9.06. The zero-order valence-electron chi connectivity index (χ0n) is 7.38. The lowest BCUT2D eigenvalue weighted by Crippen LogP contribution is -2.29. The van der Waals surface area contributed by atoms with Gasteiger partial charge in [0.15, 0.2) is 0 Å². The third-order valence-electron chi connectivity index (χ3n) is 2.50. The summed E-state index contributed by atoms with van der Waals surface area (Å²) in [6.07, 6.45) is 2.43. The lowest BCUT2D eigenvalue weighted by molar-refractivity contribution is 0.0755. The monoisotopic (exact) mass is 158 g/mol. The quantitative estimate of drug-likeness (QED) is 0.590. The molecule has 0 saturated heterocycles. The second-order valence-electron chi connectivity index (χ2n) is 3.31. The molecule has 0 aromatic carbocycles. The van der Waals surface area contributed by atoms with Crippen LogP contribution in [0.25, 0.3) is 0 Å². The molecular formula is C9H18O2. The van der Waals surface area contributed by atoms with Crippen molar-refractivity contribution >= 4 is 0 Å². The molecule has 66 valence electrons. The number of aliphatic hydroxyl groups excluding tert-OH is 2. The first-order valence-electron chi connectivity index (χ1n) is 3.95. The van der Waals surface area contributed by atoms with Crippen molar-refractivity contribution in [3.8, 4) is 0 Å². The fourth-order valence-electron chi connectivity index (χ4n) is 0.991. The zero-order chi connectivity index (χ0) is 8.91. The topological polar surface area (TPSA) is 40.5 Å². The van der Waals surface area contributed by atoms with Crippen LogP contribution in [0.15, 0.2) is 12.7 Å². The largest absolute Gasteiger partial charge is 0.396 e. The molecule has 11 heavy (non-hydrogen) atoms. The van der Waals surface area contributed by atoms with Crippen LogP contribution >= 0.6 is 0 Å². The summed E-state index contributed by atoms with van der Waals surface area (Å²) in [6, 6.07) is 0. The van der Waals surface area contributed by atoms with E-state index in [-0.39, 0.29) is 24.5 Å². The Balaban J connectivity index is 4.18. The van der Waals surface area contributed by atoms with E-state index < -0.39 is 0 Å². The molecule has 0 rings (SSSR count). The summed E-state index contributed by atoms with van der Waals surface area (Å²) in [6.45, 7) is 7.84. The molecule has 0 aliphatic rings. The first-order valence-corrected chi connectivity index (χ1v) is 3.95. The van der Waals surface area contributed by atoms with Crippen molar-refractivity contribution in [2.45, 2.75) is 20.3 Å². The Labute approximate surface area is 68.6 Å². The minimum absolute atomic E-state index is 0.0980. The molecular weight excluding hydrogens is 140 g/mol. The van der Waals surface area contributed by atoms with Crippen LogP contribution < -0.4 is 0 Å². The van der Waals surface area contributed by atoms with E-state index >= 15 is 0 Å². The van der Waals surface area contributed by atoms with Crippen LogP contribution in [-0.2, 0) is 0 Å². The molecule has 2 unspecified atom stereocenters. The van der Waals surface area contributed by atoms with Gasteiger partial charge in [0, 0.05) is 13.2 Å². The van der Waals surface area contributed by atoms with Crippen LogP contribution in [0.3, 0.4) is 0 Å². The van der Waals surface area contributed by atoms with Crippen molar-refractivity contribution in [1.82, 2.24) is 0 Å². The van der Waals surface area contributed by atoms with Gasteiger partial charge in [-0.15, -0.1) is 6.58 Å². The molecule has 0 aromatic rings. The smallest absolute Gasteiger partial charge is 0.0491 e. The standard InChI is InChI=1S/C9H18O2/c1-4-8(2)9(3,7-11)5-6-10/h4,8,10-11H,1,5-7H2,2-3H3. The average Bonchev–Trinajstić information content (AvgIpc) is 2.03. The second kappa shape index (κ2) is 4.52. The minimum Gasteiger partial charge on any atom is -0.396 e. The highest BCUT2D eigenvalue weighted by atomic mass is 16.3. The Kier molecular flexibility index (Phi) is 4.38. The van der Waals surface area contributed by atoms with Crippen molar-refractivity contribution in [2.75, 3.05) is 13.2 Å². The molecule has 2 atom stereocenters. The first-order chi connectivity index (χ1) is 5.10. The van der Waals surface area contributed by atoms with Gasteiger partial charge in [0.2, 0.25) is 0 Å². The molecule has 0 aromatic heterocycles. The molecule has 0 saturated carbocycles. The molecule has 0 aliphatic heterocycles. The molecule has 0 bridgehead atoms. The Morgan fingerprint density at radius 1 is 1.55 bits per heavy atom. The van der Waals surface area contributed by atoms with Crippen LogP contribution in [0.5, 0.6) is 0 Å². The highest BCUT2D eigenvalue weighted by Crippen LogP contribution is 2.30. The van der Waals surface area contributed by atoms with Crippen molar-refractivity contribution in [3.05, 3.63) is 12.7 Å². The maximum absolute atomic E-state index is 9.06. The van der Waals surface area contributed by atoms with Crippen molar-refractivity contribution in [3.63, 3.8) is 0 Å². The zero-order valence-corrected chi connectivity index (χ0v) is 7.38. The molecule has 0 spiro atoms. The van der Waals surface area contributed by atoms with Gasteiger partial charge in [-0.2, -0.15) is 0 Å². The van der Waals surface area contributed by atoms with Crippen LogP contribution in [0.4, 0.5) is 0 Å². The summed E-state index contributed by atoms with van der Waals surface area (Å²) in [5, 5.41) is 17.8. The molecule has 0 heterocycles. The van der Waals surface area contributed by atoms with Crippen molar-refractivity contribution in [2.24, 2.45) is 11.3 Å². The first kappa shape index (κ1) is 10.7. The van der Waals surface area contributed by atoms with Gasteiger partial charge >= 0.3 is 0 Å². The predicted molar refractivity (Wildman–Crippen MR) is 46.3 cm³/mol. The van der Waals surface area contributed by atoms with Gasteiger partial charge < -0.3 is 10.2 Å². The summed E-state index contributed by atoms with van der Waals surface area (Å²) in [5.41, 5.74) is -0.212. The van der Waals surface area contributed by atoms with Gasteiger partial charge in [0.1, 0.15) is 0 Å². The van der Waals surface area contributed by atoms with Crippen LogP contribution in [0.1, 0.15) is 20.3 Å². The summed E-state index contributed by atoms with van der Waals surface area (Å²) in [7, 11) is 0. The Hall–Kier alpha value is -0.340. The molecule has 0 amide bonds. The van der Waals surface area contributed by atoms with Gasteiger partial charge in [-0.25, -0.2) is 0 Å². The molecule has 0 radical (unpaired) electrons. The normalized spacial score (nSPS) is 18.9. The van der Waals surface area contributed by atoms with E-state index in [2.05, 4.69) is 6.58 Å². The number of hydrogen-bond acceptors (Lipinski definition) is 2. The maximum Gasteiger partial charge on any atom is 0.0491 e. The van der Waals surface area contributed by atoms with Gasteiger partial charge in [-0.3, -0.25) is 0 Å². The molecule has 2 heteroatoms. The predicted octanol–water partition coefficient (Wildman–Crippen LogP) is 1.19. The summed E-state index contributed by atoms with van der Waals surface area (Å²) >= 11 is 0. The summed E-state index contributed by atoms with van der Waals surface area (Å²) in [4.78, 5) is 0. The average molecular weight is 158 g/mol. The van der Waals surface area contributed by atoms with Crippen LogP contribution in [0, 0.1) is 11.3 Å². The SMILES string of the molecule is C=CC(C)C(C)(CO)CCO.